The van der Waals surface area contributed by atoms with E-state index in [1.165, 1.54) is 7.11 Å². The highest BCUT2D eigenvalue weighted by Gasteiger charge is 2.18. The number of amides is 1. The number of hydrogen-bond donors (Lipinski definition) is 1. The number of aryl methyl sites for hydroxylation is 2. The van der Waals surface area contributed by atoms with Crippen LogP contribution in [0.15, 0.2) is 36.4 Å². The molecular formula is C18H20ClNO3. The molecule has 0 saturated heterocycles. The molecule has 5 heteroatoms. The van der Waals surface area contributed by atoms with E-state index in [9.17, 15) is 4.79 Å². The van der Waals surface area contributed by atoms with E-state index in [1.807, 2.05) is 38.1 Å². The first-order valence-electron chi connectivity index (χ1n) is 7.29. The Hall–Kier alpha value is -2.20. The molecule has 23 heavy (non-hydrogen) atoms. The van der Waals surface area contributed by atoms with Crippen LogP contribution in [0.4, 0.5) is 5.69 Å². The lowest BCUT2D eigenvalue weighted by atomic mass is 10.2. The number of halogens is 1. The number of hydrogen-bond acceptors (Lipinski definition) is 3. The van der Waals surface area contributed by atoms with Crippen LogP contribution in [0.1, 0.15) is 18.1 Å². The SMILES string of the molecule is COc1cc(Cl)c(C)cc1NC(=O)[C@@H](C)Oc1ccccc1C. The summed E-state index contributed by atoms with van der Waals surface area (Å²) in [7, 11) is 1.53. The van der Waals surface area contributed by atoms with Crippen LogP contribution in [0.3, 0.4) is 0 Å². The second kappa shape index (κ2) is 7.38. The average molecular weight is 334 g/mol. The fourth-order valence-corrected chi connectivity index (χ4v) is 2.25. The first-order chi connectivity index (χ1) is 10.9. The fraction of sp³-hybridized carbons (Fsp3) is 0.278. The molecule has 122 valence electrons. The third kappa shape index (κ3) is 4.17. The number of ether oxygens (including phenoxy) is 2. The molecule has 0 unspecified atom stereocenters. The summed E-state index contributed by atoms with van der Waals surface area (Å²) in [4.78, 5) is 12.4. The number of anilines is 1. The Morgan fingerprint density at radius 3 is 2.48 bits per heavy atom. The lowest BCUT2D eigenvalue weighted by molar-refractivity contribution is -0.122. The van der Waals surface area contributed by atoms with Gasteiger partial charge in [0.15, 0.2) is 6.10 Å². The van der Waals surface area contributed by atoms with Gasteiger partial charge in [-0.15, -0.1) is 0 Å². The largest absolute Gasteiger partial charge is 0.495 e. The summed E-state index contributed by atoms with van der Waals surface area (Å²) in [6.07, 6.45) is -0.642. The number of carbonyl (C=O) groups is 1. The fourth-order valence-electron chi connectivity index (χ4n) is 2.10. The van der Waals surface area contributed by atoms with Gasteiger partial charge in [0.05, 0.1) is 12.8 Å². The van der Waals surface area contributed by atoms with Crippen molar-refractivity contribution in [3.05, 3.63) is 52.5 Å². The Morgan fingerprint density at radius 1 is 1.13 bits per heavy atom. The minimum Gasteiger partial charge on any atom is -0.495 e. The van der Waals surface area contributed by atoms with Gasteiger partial charge in [-0.05, 0) is 44.0 Å². The van der Waals surface area contributed by atoms with Crippen molar-refractivity contribution < 1.29 is 14.3 Å². The summed E-state index contributed by atoms with van der Waals surface area (Å²) in [5, 5.41) is 3.41. The predicted octanol–water partition coefficient (Wildman–Crippen LogP) is 4.37. The number of carbonyl (C=O) groups excluding carboxylic acids is 1. The summed E-state index contributed by atoms with van der Waals surface area (Å²) in [5.41, 5.74) is 2.40. The molecule has 0 aliphatic carbocycles. The topological polar surface area (TPSA) is 47.6 Å². The first kappa shape index (κ1) is 17.2. The molecule has 0 heterocycles. The number of benzene rings is 2. The van der Waals surface area contributed by atoms with Crippen molar-refractivity contribution in [3.63, 3.8) is 0 Å². The molecule has 1 atom stereocenters. The number of nitrogens with one attached hydrogen (secondary N) is 1. The van der Waals surface area contributed by atoms with Gasteiger partial charge in [0, 0.05) is 11.1 Å². The summed E-state index contributed by atoms with van der Waals surface area (Å²) in [6.45, 7) is 5.51. The van der Waals surface area contributed by atoms with Crippen molar-refractivity contribution in [2.24, 2.45) is 0 Å². The normalized spacial score (nSPS) is 11.7. The summed E-state index contributed by atoms with van der Waals surface area (Å²) < 4.78 is 11.0. The van der Waals surface area contributed by atoms with Gasteiger partial charge in [-0.2, -0.15) is 0 Å². The van der Waals surface area contributed by atoms with Crippen LogP contribution in [0, 0.1) is 13.8 Å². The molecule has 0 fully saturated rings. The highest BCUT2D eigenvalue weighted by Crippen LogP contribution is 2.31. The van der Waals surface area contributed by atoms with Gasteiger partial charge in [-0.25, -0.2) is 0 Å². The van der Waals surface area contributed by atoms with Crippen LogP contribution in [0.2, 0.25) is 5.02 Å². The Morgan fingerprint density at radius 2 is 1.83 bits per heavy atom. The molecule has 1 N–H and O–H groups in total. The van der Waals surface area contributed by atoms with E-state index in [4.69, 9.17) is 21.1 Å². The van der Waals surface area contributed by atoms with Crippen LogP contribution < -0.4 is 14.8 Å². The van der Waals surface area contributed by atoms with E-state index in [1.54, 1.807) is 19.1 Å². The number of rotatable bonds is 5. The highest BCUT2D eigenvalue weighted by atomic mass is 35.5. The molecule has 0 aliphatic rings. The molecule has 0 bridgehead atoms. The van der Waals surface area contributed by atoms with E-state index >= 15 is 0 Å². The maximum absolute atomic E-state index is 12.4. The van der Waals surface area contributed by atoms with Crippen molar-refractivity contribution in [2.75, 3.05) is 12.4 Å². The summed E-state index contributed by atoms with van der Waals surface area (Å²) in [6, 6.07) is 11.0. The minimum atomic E-state index is -0.642. The van der Waals surface area contributed by atoms with Gasteiger partial charge in [0.25, 0.3) is 5.91 Å². The Labute approximate surface area is 141 Å². The zero-order valence-corrected chi connectivity index (χ0v) is 14.4. The van der Waals surface area contributed by atoms with Crippen LogP contribution in [-0.2, 0) is 4.79 Å². The van der Waals surface area contributed by atoms with Crippen molar-refractivity contribution in [2.45, 2.75) is 26.9 Å². The zero-order valence-electron chi connectivity index (χ0n) is 13.6. The lowest BCUT2D eigenvalue weighted by Gasteiger charge is -2.18. The molecule has 0 aliphatic heterocycles. The van der Waals surface area contributed by atoms with Gasteiger partial charge in [-0.3, -0.25) is 4.79 Å². The van der Waals surface area contributed by atoms with Crippen molar-refractivity contribution in [1.82, 2.24) is 0 Å². The Kier molecular flexibility index (Phi) is 5.50. The molecule has 1 amide bonds. The molecule has 0 saturated carbocycles. The standard InChI is InChI=1S/C18H20ClNO3/c1-11-7-5-6-8-16(11)23-13(3)18(21)20-15-9-12(2)14(19)10-17(15)22-4/h5-10,13H,1-4H3,(H,20,21)/t13-/m1/s1. The summed E-state index contributed by atoms with van der Waals surface area (Å²) >= 11 is 6.07. The Bertz CT molecular complexity index is 715. The van der Waals surface area contributed by atoms with Gasteiger partial charge in [-0.1, -0.05) is 29.8 Å². The van der Waals surface area contributed by atoms with Gasteiger partial charge in [0.1, 0.15) is 11.5 Å². The quantitative estimate of drug-likeness (QED) is 0.883. The smallest absolute Gasteiger partial charge is 0.265 e. The third-order valence-electron chi connectivity index (χ3n) is 3.51. The zero-order chi connectivity index (χ0) is 17.0. The Balaban J connectivity index is 2.12. The maximum Gasteiger partial charge on any atom is 0.265 e. The summed E-state index contributed by atoms with van der Waals surface area (Å²) in [5.74, 6) is 0.944. The second-order valence-corrected chi connectivity index (χ2v) is 5.72. The van der Waals surface area contributed by atoms with E-state index in [-0.39, 0.29) is 5.91 Å². The second-order valence-electron chi connectivity index (χ2n) is 5.32. The molecule has 0 aromatic heterocycles. The van der Waals surface area contributed by atoms with Crippen molar-refractivity contribution in [3.8, 4) is 11.5 Å². The molecule has 0 radical (unpaired) electrons. The molecule has 2 aromatic carbocycles. The van der Waals surface area contributed by atoms with E-state index in [2.05, 4.69) is 5.32 Å². The van der Waals surface area contributed by atoms with E-state index in [0.29, 0.717) is 22.2 Å². The van der Waals surface area contributed by atoms with Crippen molar-refractivity contribution in [1.29, 1.82) is 0 Å². The molecular weight excluding hydrogens is 314 g/mol. The van der Waals surface area contributed by atoms with Gasteiger partial charge < -0.3 is 14.8 Å². The average Bonchev–Trinajstić information content (AvgIpc) is 2.52. The van der Waals surface area contributed by atoms with Crippen LogP contribution in [0.25, 0.3) is 0 Å². The van der Waals surface area contributed by atoms with E-state index < -0.39 is 6.10 Å². The molecule has 2 aromatic rings. The van der Waals surface area contributed by atoms with Crippen LogP contribution in [-0.4, -0.2) is 19.1 Å². The third-order valence-corrected chi connectivity index (χ3v) is 3.91. The van der Waals surface area contributed by atoms with Gasteiger partial charge in [0.2, 0.25) is 0 Å². The molecule has 4 nitrogen and oxygen atoms in total. The minimum absolute atomic E-state index is 0.256. The maximum atomic E-state index is 12.4. The van der Waals surface area contributed by atoms with Crippen LogP contribution >= 0.6 is 11.6 Å². The predicted molar refractivity (Wildman–Crippen MR) is 92.6 cm³/mol. The first-order valence-corrected chi connectivity index (χ1v) is 7.67. The monoisotopic (exact) mass is 333 g/mol. The lowest BCUT2D eigenvalue weighted by Crippen LogP contribution is -2.30. The highest BCUT2D eigenvalue weighted by molar-refractivity contribution is 6.31. The van der Waals surface area contributed by atoms with Gasteiger partial charge >= 0.3 is 0 Å². The molecule has 0 spiro atoms. The number of para-hydroxylation sites is 1. The van der Waals surface area contributed by atoms with E-state index in [0.717, 1.165) is 11.1 Å². The van der Waals surface area contributed by atoms with Crippen LogP contribution in [0.5, 0.6) is 11.5 Å². The number of methoxy groups -OCH3 is 1. The van der Waals surface area contributed by atoms with Crippen molar-refractivity contribution >= 4 is 23.2 Å². The molecule has 2 rings (SSSR count).